The van der Waals surface area contributed by atoms with Gasteiger partial charge >= 0.3 is 0 Å². The van der Waals surface area contributed by atoms with E-state index in [9.17, 15) is 0 Å². The average Bonchev–Trinajstić information content (AvgIpc) is 3.35. The molecule has 0 aliphatic carbocycles. The summed E-state index contributed by atoms with van der Waals surface area (Å²) in [6.07, 6.45) is 0. The van der Waals surface area contributed by atoms with Gasteiger partial charge in [-0.3, -0.25) is 0 Å². The predicted molar refractivity (Wildman–Crippen MR) is 107 cm³/mol. The number of nitrogens with one attached hydrogen (secondary N) is 1. The van der Waals surface area contributed by atoms with Crippen molar-refractivity contribution in [1.82, 2.24) is 10.3 Å². The van der Waals surface area contributed by atoms with Crippen LogP contribution in [-0.2, 0) is 6.54 Å². The Bertz CT molecular complexity index is 860. The number of thiophene rings is 1. The largest absolute Gasteiger partial charge is 0.301 e. The molecule has 25 heavy (non-hydrogen) atoms. The van der Waals surface area contributed by atoms with Gasteiger partial charge in [0.05, 0.1) is 16.6 Å². The van der Waals surface area contributed by atoms with Gasteiger partial charge in [-0.15, -0.1) is 22.7 Å². The lowest BCUT2D eigenvalue weighted by Crippen LogP contribution is -2.22. The molecular formula is C21H18N2S2. The van der Waals surface area contributed by atoms with E-state index < -0.39 is 0 Å². The molecule has 2 aromatic heterocycles. The Morgan fingerprint density at radius 3 is 2.08 bits per heavy atom. The first-order valence-corrected chi connectivity index (χ1v) is 9.97. The second-order valence-electron chi connectivity index (χ2n) is 5.76. The molecule has 0 atom stereocenters. The summed E-state index contributed by atoms with van der Waals surface area (Å²) >= 11 is 3.44. The van der Waals surface area contributed by atoms with Gasteiger partial charge in [-0.2, -0.15) is 0 Å². The van der Waals surface area contributed by atoms with Gasteiger partial charge in [-0.25, -0.2) is 4.98 Å². The van der Waals surface area contributed by atoms with Crippen LogP contribution < -0.4 is 5.32 Å². The molecule has 0 fully saturated rings. The second kappa shape index (κ2) is 7.74. The summed E-state index contributed by atoms with van der Waals surface area (Å²) < 4.78 is 0. The minimum atomic E-state index is 0.161. The number of rotatable bonds is 6. The maximum absolute atomic E-state index is 4.78. The van der Waals surface area contributed by atoms with Gasteiger partial charge in [-0.05, 0) is 22.6 Å². The first-order chi connectivity index (χ1) is 12.4. The summed E-state index contributed by atoms with van der Waals surface area (Å²) in [5.74, 6) is 0. The van der Waals surface area contributed by atoms with Gasteiger partial charge in [-0.1, -0.05) is 66.7 Å². The molecule has 0 radical (unpaired) electrons. The lowest BCUT2D eigenvalue weighted by Gasteiger charge is -2.19. The van der Waals surface area contributed by atoms with Crippen molar-refractivity contribution in [2.24, 2.45) is 0 Å². The Balaban J connectivity index is 1.54. The van der Waals surface area contributed by atoms with Gasteiger partial charge in [0.1, 0.15) is 5.01 Å². The molecule has 2 aromatic carbocycles. The summed E-state index contributed by atoms with van der Waals surface area (Å²) in [4.78, 5) is 6.01. The number of benzene rings is 2. The van der Waals surface area contributed by atoms with Crippen molar-refractivity contribution >= 4 is 22.7 Å². The van der Waals surface area contributed by atoms with Gasteiger partial charge in [0.25, 0.3) is 0 Å². The topological polar surface area (TPSA) is 24.9 Å². The quantitative estimate of drug-likeness (QED) is 0.472. The number of hydrogen-bond donors (Lipinski definition) is 1. The number of thiazole rings is 1. The fourth-order valence-corrected chi connectivity index (χ4v) is 4.46. The molecule has 1 N–H and O–H groups in total. The Morgan fingerprint density at radius 2 is 1.48 bits per heavy atom. The summed E-state index contributed by atoms with van der Waals surface area (Å²) in [7, 11) is 0. The minimum absolute atomic E-state index is 0.161. The lowest BCUT2D eigenvalue weighted by molar-refractivity contribution is 0.599. The van der Waals surface area contributed by atoms with Crippen molar-refractivity contribution in [1.29, 1.82) is 0 Å². The molecule has 0 spiro atoms. The molecule has 0 amide bonds. The number of hydrogen-bond acceptors (Lipinski definition) is 4. The van der Waals surface area contributed by atoms with Crippen molar-refractivity contribution in [2.75, 3.05) is 0 Å². The zero-order valence-electron chi connectivity index (χ0n) is 13.6. The van der Waals surface area contributed by atoms with Gasteiger partial charge in [0, 0.05) is 11.9 Å². The third-order valence-corrected chi connectivity index (χ3v) is 5.97. The fourth-order valence-electron chi connectivity index (χ4n) is 2.83. The van der Waals surface area contributed by atoms with E-state index in [1.54, 1.807) is 22.7 Å². The molecule has 0 unspecified atom stereocenters. The number of nitrogens with zero attached hydrogens (tertiary/aromatic N) is 1. The second-order valence-corrected chi connectivity index (χ2v) is 7.56. The van der Waals surface area contributed by atoms with Crippen LogP contribution in [0.25, 0.3) is 9.88 Å². The van der Waals surface area contributed by atoms with Crippen molar-refractivity contribution in [3.63, 3.8) is 0 Å². The molecule has 4 heteroatoms. The fraction of sp³-hybridized carbons (Fsp3) is 0.0952. The van der Waals surface area contributed by atoms with E-state index in [1.165, 1.54) is 16.0 Å². The standard InChI is InChI=1S/C21H18N2S2/c1-3-8-16(9-4-1)20(17-10-5-2-6-11-17)22-14-18-15-25-21(23-18)19-12-7-13-24-19/h1-13,15,20,22H,14H2. The molecule has 4 aromatic rings. The predicted octanol–water partition coefficient (Wildman–Crippen LogP) is 5.75. The first-order valence-electron chi connectivity index (χ1n) is 8.22. The van der Waals surface area contributed by atoms with Crippen LogP contribution in [0.2, 0.25) is 0 Å². The summed E-state index contributed by atoms with van der Waals surface area (Å²) in [5, 5.41) is 9.02. The molecule has 0 aliphatic heterocycles. The van der Waals surface area contributed by atoms with Crippen LogP contribution in [0.5, 0.6) is 0 Å². The van der Waals surface area contributed by atoms with E-state index >= 15 is 0 Å². The molecule has 0 aliphatic rings. The summed E-state index contributed by atoms with van der Waals surface area (Å²) in [6, 6.07) is 25.5. The van der Waals surface area contributed by atoms with Gasteiger partial charge in [0.15, 0.2) is 0 Å². The van der Waals surface area contributed by atoms with E-state index in [-0.39, 0.29) is 6.04 Å². The molecule has 2 nitrogen and oxygen atoms in total. The third kappa shape index (κ3) is 3.87. The van der Waals surface area contributed by atoms with E-state index in [2.05, 4.69) is 88.9 Å². The monoisotopic (exact) mass is 362 g/mol. The Kier molecular flexibility index (Phi) is 5.02. The summed E-state index contributed by atoms with van der Waals surface area (Å²) in [6.45, 7) is 0.746. The maximum Gasteiger partial charge on any atom is 0.133 e. The van der Waals surface area contributed by atoms with Crippen LogP contribution in [0.4, 0.5) is 0 Å². The average molecular weight is 363 g/mol. The highest BCUT2D eigenvalue weighted by Gasteiger charge is 2.14. The highest BCUT2D eigenvalue weighted by molar-refractivity contribution is 7.20. The smallest absolute Gasteiger partial charge is 0.133 e. The van der Waals surface area contributed by atoms with Crippen LogP contribution in [0.3, 0.4) is 0 Å². The van der Waals surface area contributed by atoms with Crippen LogP contribution in [0.1, 0.15) is 22.9 Å². The number of aromatic nitrogens is 1. The van der Waals surface area contributed by atoms with E-state index in [0.717, 1.165) is 17.2 Å². The maximum atomic E-state index is 4.78. The van der Waals surface area contributed by atoms with Crippen LogP contribution in [0, 0.1) is 0 Å². The van der Waals surface area contributed by atoms with Crippen molar-refractivity contribution < 1.29 is 0 Å². The Morgan fingerprint density at radius 1 is 0.800 bits per heavy atom. The lowest BCUT2D eigenvalue weighted by atomic mass is 9.99. The Hall–Kier alpha value is -2.27. The van der Waals surface area contributed by atoms with Crippen LogP contribution in [0.15, 0.2) is 83.6 Å². The molecule has 2 heterocycles. The van der Waals surface area contributed by atoms with E-state index in [0.29, 0.717) is 0 Å². The van der Waals surface area contributed by atoms with E-state index in [4.69, 9.17) is 4.98 Å². The summed E-state index contributed by atoms with van der Waals surface area (Å²) in [5.41, 5.74) is 3.62. The highest BCUT2D eigenvalue weighted by atomic mass is 32.1. The Labute approximate surface area is 155 Å². The van der Waals surface area contributed by atoms with Crippen molar-refractivity contribution in [3.05, 3.63) is 100 Å². The zero-order chi connectivity index (χ0) is 16.9. The third-order valence-electron chi connectivity index (χ3n) is 4.04. The molecule has 0 saturated carbocycles. The molecule has 124 valence electrons. The van der Waals surface area contributed by atoms with E-state index in [1.807, 2.05) is 0 Å². The molecule has 4 rings (SSSR count). The SMILES string of the molecule is c1ccc(C(NCc2csc(-c3cccs3)n2)c2ccccc2)cc1. The minimum Gasteiger partial charge on any atom is -0.301 e. The zero-order valence-corrected chi connectivity index (χ0v) is 15.3. The normalized spacial score (nSPS) is 11.1. The first kappa shape index (κ1) is 16.2. The van der Waals surface area contributed by atoms with Gasteiger partial charge in [0.2, 0.25) is 0 Å². The highest BCUT2D eigenvalue weighted by Crippen LogP contribution is 2.28. The molecule has 0 saturated heterocycles. The molecule has 0 bridgehead atoms. The van der Waals surface area contributed by atoms with Crippen molar-refractivity contribution in [3.8, 4) is 9.88 Å². The van der Waals surface area contributed by atoms with Crippen LogP contribution in [-0.4, -0.2) is 4.98 Å². The van der Waals surface area contributed by atoms with Crippen molar-refractivity contribution in [2.45, 2.75) is 12.6 Å². The van der Waals surface area contributed by atoms with Gasteiger partial charge < -0.3 is 5.32 Å². The van der Waals surface area contributed by atoms with Crippen LogP contribution >= 0.6 is 22.7 Å². The molecular weight excluding hydrogens is 344 g/mol.